The van der Waals surface area contributed by atoms with Crippen molar-refractivity contribution >= 4 is 0 Å². The highest BCUT2D eigenvalue weighted by molar-refractivity contribution is 5.27. The van der Waals surface area contributed by atoms with E-state index in [-0.39, 0.29) is 0 Å². The highest BCUT2D eigenvalue weighted by atomic mass is 16.5. The molecular weight excluding hydrogens is 216 g/mol. The summed E-state index contributed by atoms with van der Waals surface area (Å²) in [6, 6.07) is 8.04. The summed E-state index contributed by atoms with van der Waals surface area (Å²) >= 11 is 0. The van der Waals surface area contributed by atoms with Crippen molar-refractivity contribution < 1.29 is 14.6 Å². The molecule has 2 rings (SSSR count). The van der Waals surface area contributed by atoms with Gasteiger partial charge in [-0.25, -0.2) is 0 Å². The van der Waals surface area contributed by atoms with Gasteiger partial charge in [-0.3, -0.25) is 0 Å². The summed E-state index contributed by atoms with van der Waals surface area (Å²) in [4.78, 5) is 0. The number of aryl methyl sites for hydroxylation is 1. The zero-order valence-corrected chi connectivity index (χ0v) is 10.3. The molecule has 0 spiro atoms. The lowest BCUT2D eigenvalue weighted by molar-refractivity contribution is -0.0676. The van der Waals surface area contributed by atoms with E-state index in [4.69, 9.17) is 9.47 Å². The fourth-order valence-corrected chi connectivity index (χ4v) is 2.17. The topological polar surface area (TPSA) is 38.7 Å². The first-order valence-electron chi connectivity index (χ1n) is 6.15. The number of rotatable bonds is 4. The highest BCUT2D eigenvalue weighted by Gasteiger charge is 2.29. The maximum Gasteiger partial charge on any atom is 0.118 e. The smallest absolute Gasteiger partial charge is 0.118 e. The van der Waals surface area contributed by atoms with Crippen LogP contribution in [0.4, 0.5) is 0 Å². The van der Waals surface area contributed by atoms with E-state index in [0.29, 0.717) is 13.2 Å². The average molecular weight is 236 g/mol. The van der Waals surface area contributed by atoms with Gasteiger partial charge in [0.15, 0.2) is 0 Å². The second-order valence-corrected chi connectivity index (χ2v) is 4.68. The lowest BCUT2D eigenvalue weighted by Crippen LogP contribution is -2.36. The number of aliphatic hydroxyl groups is 1. The summed E-state index contributed by atoms with van der Waals surface area (Å²) in [6.07, 6.45) is 3.22. The predicted octanol–water partition coefficient (Wildman–Crippen LogP) is 2.17. The molecule has 1 aliphatic heterocycles. The molecule has 0 amide bonds. The van der Waals surface area contributed by atoms with E-state index in [2.05, 4.69) is 12.1 Å². The Balaban J connectivity index is 1.87. The first-order valence-corrected chi connectivity index (χ1v) is 6.15. The third-order valence-corrected chi connectivity index (χ3v) is 3.46. The molecule has 1 aromatic rings. The molecule has 1 fully saturated rings. The fourth-order valence-electron chi connectivity index (χ4n) is 2.17. The van der Waals surface area contributed by atoms with Gasteiger partial charge < -0.3 is 14.6 Å². The quantitative estimate of drug-likeness (QED) is 0.870. The lowest BCUT2D eigenvalue weighted by Gasteiger charge is -2.32. The van der Waals surface area contributed by atoms with Gasteiger partial charge >= 0.3 is 0 Å². The minimum atomic E-state index is -0.530. The van der Waals surface area contributed by atoms with E-state index in [1.807, 2.05) is 12.1 Å². The van der Waals surface area contributed by atoms with Crippen LogP contribution in [0.2, 0.25) is 0 Å². The maximum absolute atomic E-state index is 10.3. The van der Waals surface area contributed by atoms with E-state index in [1.165, 1.54) is 5.56 Å². The van der Waals surface area contributed by atoms with Gasteiger partial charge in [0.1, 0.15) is 5.75 Å². The Hall–Kier alpha value is -1.06. The molecule has 3 nitrogen and oxygen atoms in total. The van der Waals surface area contributed by atoms with Crippen molar-refractivity contribution in [1.29, 1.82) is 0 Å². The molecular formula is C14H20O3. The molecule has 0 bridgehead atoms. The predicted molar refractivity (Wildman–Crippen MR) is 66.3 cm³/mol. The van der Waals surface area contributed by atoms with Crippen molar-refractivity contribution in [2.75, 3.05) is 20.3 Å². The van der Waals surface area contributed by atoms with Crippen molar-refractivity contribution in [2.45, 2.75) is 31.3 Å². The number of benzene rings is 1. The maximum atomic E-state index is 10.3. The van der Waals surface area contributed by atoms with Gasteiger partial charge in [0.25, 0.3) is 0 Å². The average Bonchev–Trinajstić information content (AvgIpc) is 2.38. The Morgan fingerprint density at radius 3 is 2.47 bits per heavy atom. The second-order valence-electron chi connectivity index (χ2n) is 4.68. The highest BCUT2D eigenvalue weighted by Crippen LogP contribution is 2.26. The van der Waals surface area contributed by atoms with Crippen LogP contribution in [0.1, 0.15) is 24.8 Å². The molecule has 0 aliphatic carbocycles. The minimum absolute atomic E-state index is 0.530. The summed E-state index contributed by atoms with van der Waals surface area (Å²) < 4.78 is 10.4. The molecule has 1 aliphatic rings. The number of hydrogen-bond acceptors (Lipinski definition) is 3. The van der Waals surface area contributed by atoms with Crippen molar-refractivity contribution in [3.63, 3.8) is 0 Å². The first-order chi connectivity index (χ1) is 8.22. The number of ether oxygens (including phenoxy) is 2. The van der Waals surface area contributed by atoms with Crippen LogP contribution >= 0.6 is 0 Å². The normalized spacial score (nSPS) is 18.9. The molecule has 0 aromatic heterocycles. The van der Waals surface area contributed by atoms with Gasteiger partial charge in [-0.2, -0.15) is 0 Å². The Morgan fingerprint density at radius 2 is 1.88 bits per heavy atom. The molecule has 1 aromatic carbocycles. The van der Waals surface area contributed by atoms with Crippen LogP contribution in [0.3, 0.4) is 0 Å². The molecule has 0 atom stereocenters. The molecule has 0 radical (unpaired) electrons. The minimum Gasteiger partial charge on any atom is -0.497 e. The SMILES string of the molecule is COc1ccc(CCC2(O)CCOCC2)cc1. The van der Waals surface area contributed by atoms with E-state index >= 15 is 0 Å². The molecule has 17 heavy (non-hydrogen) atoms. The van der Waals surface area contributed by atoms with Crippen LogP contribution in [0, 0.1) is 0 Å². The van der Waals surface area contributed by atoms with Crippen LogP contribution in [-0.2, 0) is 11.2 Å². The third kappa shape index (κ3) is 3.45. The van der Waals surface area contributed by atoms with E-state index in [0.717, 1.165) is 31.4 Å². The third-order valence-electron chi connectivity index (χ3n) is 3.46. The van der Waals surface area contributed by atoms with Crippen LogP contribution < -0.4 is 4.74 Å². The number of hydrogen-bond donors (Lipinski definition) is 1. The zero-order chi connectivity index (χ0) is 12.1. The van der Waals surface area contributed by atoms with Gasteiger partial charge in [-0.05, 0) is 43.4 Å². The molecule has 1 heterocycles. The Morgan fingerprint density at radius 1 is 1.24 bits per heavy atom. The van der Waals surface area contributed by atoms with Crippen molar-refractivity contribution in [3.8, 4) is 5.75 Å². The summed E-state index contributed by atoms with van der Waals surface area (Å²) in [5.74, 6) is 0.874. The van der Waals surface area contributed by atoms with E-state index in [1.54, 1.807) is 7.11 Å². The van der Waals surface area contributed by atoms with Gasteiger partial charge in [-0.15, -0.1) is 0 Å². The standard InChI is InChI=1S/C14H20O3/c1-16-13-4-2-12(3-5-13)6-7-14(15)8-10-17-11-9-14/h2-5,15H,6-11H2,1H3. The van der Waals surface area contributed by atoms with Crippen LogP contribution in [0.25, 0.3) is 0 Å². The molecule has 1 N–H and O–H groups in total. The van der Waals surface area contributed by atoms with Crippen molar-refractivity contribution in [1.82, 2.24) is 0 Å². The first kappa shape index (κ1) is 12.4. The van der Waals surface area contributed by atoms with E-state index in [9.17, 15) is 5.11 Å². The summed E-state index contributed by atoms with van der Waals surface area (Å²) in [5.41, 5.74) is 0.712. The summed E-state index contributed by atoms with van der Waals surface area (Å²) in [5, 5.41) is 10.3. The molecule has 94 valence electrons. The van der Waals surface area contributed by atoms with Crippen molar-refractivity contribution in [3.05, 3.63) is 29.8 Å². The monoisotopic (exact) mass is 236 g/mol. The fraction of sp³-hybridized carbons (Fsp3) is 0.571. The molecule has 0 unspecified atom stereocenters. The summed E-state index contributed by atoms with van der Waals surface area (Å²) in [6.45, 7) is 1.36. The largest absolute Gasteiger partial charge is 0.497 e. The van der Waals surface area contributed by atoms with Gasteiger partial charge in [0.05, 0.1) is 12.7 Å². The molecule has 1 saturated heterocycles. The molecule has 3 heteroatoms. The summed E-state index contributed by atoms with van der Waals surface area (Å²) in [7, 11) is 1.67. The van der Waals surface area contributed by atoms with Crippen LogP contribution in [0.15, 0.2) is 24.3 Å². The zero-order valence-electron chi connectivity index (χ0n) is 10.3. The van der Waals surface area contributed by atoms with E-state index < -0.39 is 5.60 Å². The van der Waals surface area contributed by atoms with Crippen LogP contribution in [-0.4, -0.2) is 31.0 Å². The van der Waals surface area contributed by atoms with Gasteiger partial charge in [0, 0.05) is 13.2 Å². The second kappa shape index (κ2) is 5.52. The lowest BCUT2D eigenvalue weighted by atomic mass is 9.88. The van der Waals surface area contributed by atoms with Crippen LogP contribution in [0.5, 0.6) is 5.75 Å². The van der Waals surface area contributed by atoms with Crippen molar-refractivity contribution in [2.24, 2.45) is 0 Å². The van der Waals surface area contributed by atoms with Gasteiger partial charge in [-0.1, -0.05) is 12.1 Å². The van der Waals surface area contributed by atoms with Gasteiger partial charge in [0.2, 0.25) is 0 Å². The Kier molecular flexibility index (Phi) is 4.02. The Bertz CT molecular complexity index is 339. The Labute approximate surface area is 102 Å². The number of methoxy groups -OCH3 is 1. The molecule has 0 saturated carbocycles.